The molecule has 1 unspecified atom stereocenters. The van der Waals surface area contributed by atoms with Crippen LogP contribution in [0.15, 0.2) is 24.1 Å². The lowest BCUT2D eigenvalue weighted by molar-refractivity contribution is 0.606. The van der Waals surface area contributed by atoms with Gasteiger partial charge in [-0.2, -0.15) is 0 Å². The van der Waals surface area contributed by atoms with Crippen LogP contribution in [0.5, 0.6) is 0 Å². The largest absolute Gasteiger partial charge is 0.333 e. The maximum Gasteiger partial charge on any atom is 0.116 e. The van der Waals surface area contributed by atoms with Gasteiger partial charge in [0.05, 0.1) is 18.2 Å². The van der Waals surface area contributed by atoms with Crippen LogP contribution in [-0.4, -0.2) is 21.6 Å². The van der Waals surface area contributed by atoms with E-state index in [1.165, 1.54) is 0 Å². The topological polar surface area (TPSA) is 42.7 Å². The lowest BCUT2D eigenvalue weighted by atomic mass is 10.2. The Morgan fingerprint density at radius 2 is 2.47 bits per heavy atom. The molecule has 15 heavy (non-hydrogen) atoms. The van der Waals surface area contributed by atoms with Gasteiger partial charge >= 0.3 is 0 Å². The highest BCUT2D eigenvalue weighted by molar-refractivity contribution is 7.09. The zero-order chi connectivity index (χ0) is 10.7. The van der Waals surface area contributed by atoms with Crippen LogP contribution < -0.4 is 5.32 Å². The molecule has 0 aliphatic rings. The number of imidazole rings is 1. The lowest BCUT2D eigenvalue weighted by Crippen LogP contribution is -2.20. The quantitative estimate of drug-likeness (QED) is 0.855. The molecule has 4 nitrogen and oxygen atoms in total. The van der Waals surface area contributed by atoms with E-state index < -0.39 is 0 Å². The fourth-order valence-electron chi connectivity index (χ4n) is 1.61. The number of aromatic nitrogens is 3. The predicted octanol–water partition coefficient (Wildman–Crippen LogP) is 1.67. The Hall–Kier alpha value is -1.20. The molecule has 0 radical (unpaired) electrons. The van der Waals surface area contributed by atoms with Gasteiger partial charge in [0.15, 0.2) is 0 Å². The van der Waals surface area contributed by atoms with Crippen molar-refractivity contribution in [3.8, 4) is 0 Å². The number of thiazole rings is 1. The molecule has 0 aromatic carbocycles. The summed E-state index contributed by atoms with van der Waals surface area (Å²) >= 11 is 1.66. The maximum absolute atomic E-state index is 4.33. The molecule has 0 aliphatic heterocycles. The van der Waals surface area contributed by atoms with E-state index in [2.05, 4.69) is 26.8 Å². The van der Waals surface area contributed by atoms with Crippen LogP contribution in [0.25, 0.3) is 0 Å². The lowest BCUT2D eigenvalue weighted by Gasteiger charge is -2.14. The number of hydrogen-bond acceptors (Lipinski definition) is 4. The summed E-state index contributed by atoms with van der Waals surface area (Å²) in [6.07, 6.45) is 5.58. The molecule has 1 N–H and O–H groups in total. The standard InChI is InChI=1S/C10H14N4S/c1-3-14-7-12-6-8(14)9(11-2)10-13-4-5-15-10/h4-7,9,11H,3H2,1-2H3. The van der Waals surface area contributed by atoms with Crippen molar-refractivity contribution < 1.29 is 0 Å². The highest BCUT2D eigenvalue weighted by atomic mass is 32.1. The van der Waals surface area contributed by atoms with Crippen molar-refractivity contribution in [2.45, 2.75) is 19.5 Å². The van der Waals surface area contributed by atoms with Crippen molar-refractivity contribution in [1.29, 1.82) is 0 Å². The van der Waals surface area contributed by atoms with Crippen LogP contribution in [0.2, 0.25) is 0 Å². The van der Waals surface area contributed by atoms with Crippen LogP contribution in [0.1, 0.15) is 23.7 Å². The number of aryl methyl sites for hydroxylation is 1. The van der Waals surface area contributed by atoms with Crippen molar-refractivity contribution in [2.24, 2.45) is 0 Å². The summed E-state index contributed by atoms with van der Waals surface area (Å²) in [5.41, 5.74) is 1.16. The van der Waals surface area contributed by atoms with Gasteiger partial charge in [0, 0.05) is 18.1 Å². The van der Waals surface area contributed by atoms with E-state index in [4.69, 9.17) is 0 Å². The zero-order valence-corrected chi connectivity index (χ0v) is 9.66. The molecule has 0 aliphatic carbocycles. The summed E-state index contributed by atoms with van der Waals surface area (Å²) < 4.78 is 2.13. The molecule has 0 saturated heterocycles. The monoisotopic (exact) mass is 222 g/mol. The average Bonchev–Trinajstić information content (AvgIpc) is 2.89. The van der Waals surface area contributed by atoms with Crippen molar-refractivity contribution in [3.63, 3.8) is 0 Å². The molecule has 80 valence electrons. The van der Waals surface area contributed by atoms with E-state index in [-0.39, 0.29) is 6.04 Å². The summed E-state index contributed by atoms with van der Waals surface area (Å²) in [5, 5.41) is 6.34. The molecule has 0 spiro atoms. The molecule has 0 amide bonds. The Balaban J connectivity index is 2.35. The molecule has 0 saturated carbocycles. The number of nitrogens with zero attached hydrogens (tertiary/aromatic N) is 3. The number of hydrogen-bond donors (Lipinski definition) is 1. The van der Waals surface area contributed by atoms with Gasteiger partial charge in [0.2, 0.25) is 0 Å². The van der Waals surface area contributed by atoms with Crippen LogP contribution in [-0.2, 0) is 6.54 Å². The minimum Gasteiger partial charge on any atom is -0.333 e. The highest BCUT2D eigenvalue weighted by Crippen LogP contribution is 2.22. The number of nitrogens with one attached hydrogen (secondary N) is 1. The van der Waals surface area contributed by atoms with Gasteiger partial charge in [-0.05, 0) is 14.0 Å². The molecule has 2 rings (SSSR count). The van der Waals surface area contributed by atoms with Gasteiger partial charge in [-0.15, -0.1) is 11.3 Å². The summed E-state index contributed by atoms with van der Waals surface area (Å²) in [4.78, 5) is 8.51. The van der Waals surface area contributed by atoms with E-state index in [0.717, 1.165) is 17.2 Å². The van der Waals surface area contributed by atoms with E-state index in [0.29, 0.717) is 0 Å². The van der Waals surface area contributed by atoms with Gasteiger partial charge in [-0.3, -0.25) is 0 Å². The van der Waals surface area contributed by atoms with Crippen molar-refractivity contribution >= 4 is 11.3 Å². The highest BCUT2D eigenvalue weighted by Gasteiger charge is 2.17. The smallest absolute Gasteiger partial charge is 0.116 e. The second-order valence-electron chi connectivity index (χ2n) is 3.20. The SMILES string of the molecule is CCn1cncc1C(NC)c1nccs1. The Morgan fingerprint density at radius 3 is 3.07 bits per heavy atom. The second-order valence-corrected chi connectivity index (χ2v) is 4.12. The molecule has 2 aromatic rings. The fourth-order valence-corrected chi connectivity index (χ4v) is 2.37. The maximum atomic E-state index is 4.33. The molecule has 5 heteroatoms. The van der Waals surface area contributed by atoms with E-state index in [1.807, 2.05) is 31.1 Å². The Labute approximate surface area is 93.0 Å². The molecule has 1 atom stereocenters. The van der Waals surface area contributed by atoms with Crippen LogP contribution in [0.3, 0.4) is 0 Å². The van der Waals surface area contributed by atoms with E-state index in [9.17, 15) is 0 Å². The Bertz CT molecular complexity index is 407. The summed E-state index contributed by atoms with van der Waals surface area (Å²) in [5.74, 6) is 0. The zero-order valence-electron chi connectivity index (χ0n) is 8.84. The van der Waals surface area contributed by atoms with Gasteiger partial charge in [0.1, 0.15) is 11.0 Å². The van der Waals surface area contributed by atoms with Gasteiger partial charge in [0.25, 0.3) is 0 Å². The predicted molar refractivity (Wildman–Crippen MR) is 60.9 cm³/mol. The minimum atomic E-state index is 0.146. The Kier molecular flexibility index (Phi) is 3.13. The Morgan fingerprint density at radius 1 is 1.60 bits per heavy atom. The van der Waals surface area contributed by atoms with Crippen molar-refractivity contribution in [1.82, 2.24) is 19.9 Å². The van der Waals surface area contributed by atoms with Crippen molar-refractivity contribution in [3.05, 3.63) is 34.8 Å². The minimum absolute atomic E-state index is 0.146. The van der Waals surface area contributed by atoms with Crippen molar-refractivity contribution in [2.75, 3.05) is 7.05 Å². The average molecular weight is 222 g/mol. The first-order chi connectivity index (χ1) is 7.36. The third-order valence-electron chi connectivity index (χ3n) is 2.37. The summed E-state index contributed by atoms with van der Waals surface area (Å²) in [7, 11) is 1.94. The first kappa shape index (κ1) is 10.3. The van der Waals surface area contributed by atoms with Crippen LogP contribution in [0, 0.1) is 0 Å². The molecular weight excluding hydrogens is 208 g/mol. The molecule has 2 heterocycles. The summed E-state index contributed by atoms with van der Waals surface area (Å²) in [6.45, 7) is 3.04. The molecule has 0 bridgehead atoms. The van der Waals surface area contributed by atoms with Gasteiger partial charge < -0.3 is 9.88 Å². The van der Waals surface area contributed by atoms with Gasteiger partial charge in [-0.1, -0.05) is 0 Å². The third kappa shape index (κ3) is 1.93. The second kappa shape index (κ2) is 4.55. The molecular formula is C10H14N4S. The van der Waals surface area contributed by atoms with E-state index in [1.54, 1.807) is 11.3 Å². The van der Waals surface area contributed by atoms with E-state index >= 15 is 0 Å². The fraction of sp³-hybridized carbons (Fsp3) is 0.400. The molecule has 0 fully saturated rings. The summed E-state index contributed by atoms with van der Waals surface area (Å²) in [6, 6.07) is 0.146. The van der Waals surface area contributed by atoms with Gasteiger partial charge in [-0.25, -0.2) is 9.97 Å². The first-order valence-corrected chi connectivity index (χ1v) is 5.81. The van der Waals surface area contributed by atoms with Crippen LogP contribution in [0.4, 0.5) is 0 Å². The normalized spacial score (nSPS) is 12.9. The molecule has 2 aromatic heterocycles. The third-order valence-corrected chi connectivity index (χ3v) is 3.21. The number of rotatable bonds is 4. The first-order valence-electron chi connectivity index (χ1n) is 4.93. The van der Waals surface area contributed by atoms with Crippen LogP contribution >= 0.6 is 11.3 Å².